The summed E-state index contributed by atoms with van der Waals surface area (Å²) in [6.45, 7) is 4.39. The van der Waals surface area contributed by atoms with Crippen LogP contribution in [-0.4, -0.2) is 0 Å². The molecule has 0 amide bonds. The van der Waals surface area contributed by atoms with Crippen molar-refractivity contribution in [3.8, 4) is 0 Å². The highest BCUT2D eigenvalue weighted by atomic mass is 14.0. The van der Waals surface area contributed by atoms with E-state index < -0.39 is 0 Å². The average Bonchev–Trinajstić information content (AvgIpc) is 2.53. The van der Waals surface area contributed by atoms with Gasteiger partial charge in [-0.1, -0.05) is 74.5 Å². The Bertz CT molecular complexity index is 478. The monoisotopic (exact) mass is 264 g/mol. The lowest BCUT2D eigenvalue weighted by Gasteiger charge is -2.00. The summed E-state index contributed by atoms with van der Waals surface area (Å²) in [4.78, 5) is 0. The second-order valence-corrected chi connectivity index (χ2v) is 5.22. The number of benzene rings is 2. The van der Waals surface area contributed by atoms with Gasteiger partial charge in [-0.05, 0) is 47.9 Å². The molecule has 0 spiro atoms. The summed E-state index contributed by atoms with van der Waals surface area (Å²) in [5.74, 6) is 0. The van der Waals surface area contributed by atoms with Crippen molar-refractivity contribution in [3.63, 3.8) is 0 Å². The fourth-order valence-electron chi connectivity index (χ4n) is 2.26. The van der Waals surface area contributed by atoms with E-state index in [1.807, 2.05) is 0 Å². The first-order valence-corrected chi connectivity index (χ1v) is 7.62. The van der Waals surface area contributed by atoms with Crippen LogP contribution in [0.3, 0.4) is 0 Å². The van der Waals surface area contributed by atoms with Crippen molar-refractivity contribution in [3.05, 3.63) is 82.9 Å². The summed E-state index contributed by atoms with van der Waals surface area (Å²) in [7, 11) is 0. The van der Waals surface area contributed by atoms with E-state index in [2.05, 4.69) is 74.5 Å². The van der Waals surface area contributed by atoms with Gasteiger partial charge in [-0.25, -0.2) is 0 Å². The lowest BCUT2D eigenvalue weighted by atomic mass is 10.1. The third-order valence-electron chi connectivity index (χ3n) is 3.74. The lowest BCUT2D eigenvalue weighted by molar-refractivity contribution is 1.12. The maximum absolute atomic E-state index is 2.27. The van der Waals surface area contributed by atoms with E-state index in [0.717, 1.165) is 25.7 Å². The van der Waals surface area contributed by atoms with Gasteiger partial charge < -0.3 is 0 Å². The molecule has 2 aromatic carbocycles. The van der Waals surface area contributed by atoms with Crippen LogP contribution in [0.5, 0.6) is 0 Å². The molecule has 0 unspecified atom stereocenters. The molecule has 0 heteroatoms. The SMILES string of the molecule is CCc1ccc(CC=CCc2ccc(CC)cc2)cc1. The highest BCUT2D eigenvalue weighted by Crippen LogP contribution is 2.08. The largest absolute Gasteiger partial charge is 0.0838 e. The van der Waals surface area contributed by atoms with E-state index in [9.17, 15) is 0 Å². The van der Waals surface area contributed by atoms with Crippen LogP contribution in [0.1, 0.15) is 36.1 Å². The van der Waals surface area contributed by atoms with Gasteiger partial charge in [0, 0.05) is 0 Å². The Hall–Kier alpha value is -1.82. The molecule has 20 heavy (non-hydrogen) atoms. The second-order valence-electron chi connectivity index (χ2n) is 5.22. The topological polar surface area (TPSA) is 0 Å². The van der Waals surface area contributed by atoms with Gasteiger partial charge in [0.25, 0.3) is 0 Å². The predicted octanol–water partition coefficient (Wildman–Crippen LogP) is 5.15. The van der Waals surface area contributed by atoms with Crippen molar-refractivity contribution < 1.29 is 0 Å². The van der Waals surface area contributed by atoms with Gasteiger partial charge in [-0.2, -0.15) is 0 Å². The zero-order valence-electron chi connectivity index (χ0n) is 12.6. The maximum atomic E-state index is 2.27. The third kappa shape index (κ3) is 4.38. The molecule has 104 valence electrons. The summed E-state index contributed by atoms with van der Waals surface area (Å²) in [5, 5.41) is 0. The number of aryl methyl sites for hydroxylation is 2. The molecule has 0 aliphatic carbocycles. The lowest BCUT2D eigenvalue weighted by Crippen LogP contribution is -1.86. The minimum Gasteiger partial charge on any atom is -0.0838 e. The Morgan fingerprint density at radius 3 is 1.15 bits per heavy atom. The molecule has 2 aromatic rings. The number of allylic oxidation sites excluding steroid dienone is 2. The van der Waals surface area contributed by atoms with Gasteiger partial charge in [0.15, 0.2) is 0 Å². The Morgan fingerprint density at radius 2 is 0.850 bits per heavy atom. The Kier molecular flexibility index (Phi) is 5.61. The molecule has 0 radical (unpaired) electrons. The van der Waals surface area contributed by atoms with Crippen LogP contribution in [0, 0.1) is 0 Å². The van der Waals surface area contributed by atoms with Crippen LogP contribution < -0.4 is 0 Å². The molecule has 0 atom stereocenters. The zero-order chi connectivity index (χ0) is 14.2. The molecular formula is C20H24. The molecule has 0 saturated heterocycles. The molecule has 2 rings (SSSR count). The molecule has 0 heterocycles. The van der Waals surface area contributed by atoms with Crippen LogP contribution in [0.25, 0.3) is 0 Å². The Balaban J connectivity index is 1.83. The zero-order valence-corrected chi connectivity index (χ0v) is 12.6. The van der Waals surface area contributed by atoms with Crippen molar-refractivity contribution in [2.75, 3.05) is 0 Å². The summed E-state index contributed by atoms with van der Waals surface area (Å²) < 4.78 is 0. The number of hydrogen-bond donors (Lipinski definition) is 0. The first kappa shape index (κ1) is 14.6. The molecular weight excluding hydrogens is 240 g/mol. The second kappa shape index (κ2) is 7.69. The maximum Gasteiger partial charge on any atom is -0.00973 e. The quantitative estimate of drug-likeness (QED) is 0.633. The summed E-state index contributed by atoms with van der Waals surface area (Å²) in [6.07, 6.45) is 8.82. The summed E-state index contributed by atoms with van der Waals surface area (Å²) in [6, 6.07) is 17.9. The molecule has 0 bridgehead atoms. The molecule has 0 aliphatic heterocycles. The predicted molar refractivity (Wildman–Crippen MR) is 88.2 cm³/mol. The molecule has 0 aromatic heterocycles. The highest BCUT2D eigenvalue weighted by Gasteiger charge is 1.93. The minimum absolute atomic E-state index is 1.02. The third-order valence-corrected chi connectivity index (χ3v) is 3.74. The van der Waals surface area contributed by atoms with Crippen molar-refractivity contribution in [2.24, 2.45) is 0 Å². The van der Waals surface area contributed by atoms with Gasteiger partial charge in [-0.15, -0.1) is 0 Å². The van der Waals surface area contributed by atoms with E-state index in [0.29, 0.717) is 0 Å². The van der Waals surface area contributed by atoms with E-state index in [1.165, 1.54) is 22.3 Å². The van der Waals surface area contributed by atoms with Gasteiger partial charge in [0.05, 0.1) is 0 Å². The fourth-order valence-corrected chi connectivity index (χ4v) is 2.26. The van der Waals surface area contributed by atoms with Gasteiger partial charge >= 0.3 is 0 Å². The van der Waals surface area contributed by atoms with Gasteiger partial charge in [0.1, 0.15) is 0 Å². The van der Waals surface area contributed by atoms with E-state index >= 15 is 0 Å². The summed E-state index contributed by atoms with van der Waals surface area (Å²) in [5.41, 5.74) is 5.60. The van der Waals surface area contributed by atoms with E-state index in [1.54, 1.807) is 0 Å². The first-order valence-electron chi connectivity index (χ1n) is 7.62. The van der Waals surface area contributed by atoms with Crippen molar-refractivity contribution in [1.29, 1.82) is 0 Å². The number of rotatable bonds is 6. The van der Waals surface area contributed by atoms with Crippen molar-refractivity contribution in [1.82, 2.24) is 0 Å². The van der Waals surface area contributed by atoms with Crippen molar-refractivity contribution in [2.45, 2.75) is 39.5 Å². The van der Waals surface area contributed by atoms with Crippen molar-refractivity contribution >= 4 is 0 Å². The van der Waals surface area contributed by atoms with Crippen LogP contribution in [0.2, 0.25) is 0 Å². The van der Waals surface area contributed by atoms with Gasteiger partial charge in [0.2, 0.25) is 0 Å². The summed E-state index contributed by atoms with van der Waals surface area (Å²) >= 11 is 0. The average molecular weight is 264 g/mol. The highest BCUT2D eigenvalue weighted by molar-refractivity contribution is 5.26. The molecule has 0 fully saturated rings. The van der Waals surface area contributed by atoms with E-state index in [-0.39, 0.29) is 0 Å². The molecule has 0 nitrogen and oxygen atoms in total. The number of hydrogen-bond acceptors (Lipinski definition) is 0. The van der Waals surface area contributed by atoms with Crippen LogP contribution in [-0.2, 0) is 25.7 Å². The fraction of sp³-hybridized carbons (Fsp3) is 0.300. The molecule has 0 N–H and O–H groups in total. The van der Waals surface area contributed by atoms with E-state index in [4.69, 9.17) is 0 Å². The Morgan fingerprint density at radius 1 is 0.550 bits per heavy atom. The van der Waals surface area contributed by atoms with Crippen LogP contribution in [0.4, 0.5) is 0 Å². The van der Waals surface area contributed by atoms with Crippen LogP contribution >= 0.6 is 0 Å². The Labute approximate surface area is 123 Å². The molecule has 0 saturated carbocycles. The van der Waals surface area contributed by atoms with Crippen LogP contribution in [0.15, 0.2) is 60.7 Å². The minimum atomic E-state index is 1.02. The smallest absolute Gasteiger partial charge is 0.00973 e. The van der Waals surface area contributed by atoms with Gasteiger partial charge in [-0.3, -0.25) is 0 Å². The standard InChI is InChI=1S/C20H24/c1-3-17-9-13-19(14-10-17)7-5-6-8-20-15-11-18(4-2)12-16-20/h5-6,9-16H,3-4,7-8H2,1-2H3. The molecule has 0 aliphatic rings. The first-order chi connectivity index (χ1) is 9.81. The normalized spacial score (nSPS) is 11.1.